The van der Waals surface area contributed by atoms with E-state index in [0.717, 1.165) is 38.1 Å². The van der Waals surface area contributed by atoms with E-state index in [4.69, 9.17) is 5.73 Å². The summed E-state index contributed by atoms with van der Waals surface area (Å²) in [5, 5.41) is 10.1. The zero-order valence-corrected chi connectivity index (χ0v) is 13.8. The Labute approximate surface area is 145 Å². The molecule has 0 spiro atoms. The van der Waals surface area contributed by atoms with Gasteiger partial charge in [0.25, 0.3) is 0 Å². The van der Waals surface area contributed by atoms with Gasteiger partial charge in [-0.15, -0.1) is 0 Å². The number of hydrogen-bond donors (Lipinski definition) is 2. The van der Waals surface area contributed by atoms with E-state index in [0.29, 0.717) is 0 Å². The van der Waals surface area contributed by atoms with Crippen LogP contribution in [0.3, 0.4) is 0 Å². The third-order valence-corrected chi connectivity index (χ3v) is 3.79. The molecule has 0 aliphatic rings. The zero-order chi connectivity index (χ0) is 19.9. The van der Waals surface area contributed by atoms with Gasteiger partial charge < -0.3 is 10.8 Å². The van der Waals surface area contributed by atoms with Crippen LogP contribution in [0.25, 0.3) is 11.3 Å². The van der Waals surface area contributed by atoms with Gasteiger partial charge in [0.1, 0.15) is 17.4 Å². The predicted octanol–water partition coefficient (Wildman–Crippen LogP) is 4.00. The van der Waals surface area contributed by atoms with E-state index in [2.05, 4.69) is 4.98 Å². The summed E-state index contributed by atoms with van der Waals surface area (Å²) >= 11 is 0. The van der Waals surface area contributed by atoms with Crippen LogP contribution in [0.1, 0.15) is 31.0 Å². The highest BCUT2D eigenvalue weighted by atomic mass is 19.4. The highest BCUT2D eigenvalue weighted by Gasteiger charge is 2.44. The average molecular weight is 378 g/mol. The number of aliphatic hydroxyl groups is 1. The molecular weight excluding hydrogens is 362 g/mol. The van der Waals surface area contributed by atoms with Crippen LogP contribution in [-0.2, 0) is 5.60 Å². The second kappa shape index (κ2) is 6.88. The highest BCUT2D eigenvalue weighted by Crippen LogP contribution is 2.39. The van der Waals surface area contributed by atoms with Crippen molar-refractivity contribution in [3.63, 3.8) is 0 Å². The second-order valence-electron chi connectivity index (χ2n) is 6.24. The fraction of sp³-hybridized carbons (Fsp3) is 0.353. The summed E-state index contributed by atoms with van der Waals surface area (Å²) in [7, 11) is 0. The number of hydrogen-bond acceptors (Lipinski definition) is 3. The maximum Gasteiger partial charge on any atom is 0.398 e. The maximum atomic E-state index is 14.8. The molecule has 0 amide bonds. The van der Waals surface area contributed by atoms with E-state index in [9.17, 15) is 31.4 Å². The minimum atomic E-state index is -4.93. The van der Waals surface area contributed by atoms with Crippen LogP contribution in [0.4, 0.5) is 26.3 Å². The van der Waals surface area contributed by atoms with E-state index in [1.165, 1.54) is 0 Å². The Morgan fingerprint density at radius 2 is 1.58 bits per heavy atom. The molecule has 3 nitrogen and oxygen atoms in total. The van der Waals surface area contributed by atoms with Gasteiger partial charge in [-0.25, -0.2) is 18.2 Å². The summed E-state index contributed by atoms with van der Waals surface area (Å²) in [6.07, 6.45) is -4.93. The Bertz CT molecular complexity index is 797. The smallest absolute Gasteiger partial charge is 0.386 e. The molecule has 142 valence electrons. The molecule has 1 aromatic carbocycles. The minimum absolute atomic E-state index is 0.0754. The van der Waals surface area contributed by atoms with Crippen LogP contribution in [0.2, 0.25) is 0 Å². The van der Waals surface area contributed by atoms with Gasteiger partial charge in [-0.3, -0.25) is 0 Å². The normalized spacial score (nSPS) is 13.8. The van der Waals surface area contributed by atoms with E-state index in [-0.39, 0.29) is 5.56 Å². The summed E-state index contributed by atoms with van der Waals surface area (Å²) in [5.74, 6) is -6.10. The van der Waals surface area contributed by atoms with Crippen molar-refractivity contribution in [3.8, 4) is 11.3 Å². The first-order valence-electron chi connectivity index (χ1n) is 7.52. The summed E-state index contributed by atoms with van der Waals surface area (Å²) in [6.45, 7) is 1.03. The Morgan fingerprint density at radius 3 is 2.00 bits per heavy atom. The number of halogens is 6. The largest absolute Gasteiger partial charge is 0.398 e. The van der Waals surface area contributed by atoms with Gasteiger partial charge in [0.05, 0.1) is 16.9 Å². The van der Waals surface area contributed by atoms with Gasteiger partial charge >= 0.3 is 6.18 Å². The van der Waals surface area contributed by atoms with Crippen LogP contribution in [0, 0.1) is 17.5 Å². The Morgan fingerprint density at radius 1 is 1.04 bits per heavy atom. The molecule has 0 saturated heterocycles. The number of nitrogens with zero attached hydrogens (tertiary/aromatic N) is 1. The van der Waals surface area contributed by atoms with Gasteiger partial charge in [-0.2, -0.15) is 13.2 Å². The molecule has 0 aliphatic heterocycles. The lowest BCUT2D eigenvalue weighted by atomic mass is 9.91. The summed E-state index contributed by atoms with van der Waals surface area (Å²) in [5.41, 5.74) is 0.191. The standard InChI is InChI=1S/C17H16F6N2O/c1-16(2,26)11-12(19)14(8-3-5-9(18)6-4-8)25-15(13(11)20)10(7-24)17(21,22)23/h3-6,10,26H,7,24H2,1-2H3/t10-/m1/s1. The summed E-state index contributed by atoms with van der Waals surface area (Å²) in [6, 6.07) is 4.07. The van der Waals surface area contributed by atoms with E-state index < -0.39 is 58.6 Å². The number of nitrogens with two attached hydrogens (primary N) is 1. The molecule has 2 aromatic rings. The first-order chi connectivity index (χ1) is 11.9. The number of benzene rings is 1. The van der Waals surface area contributed by atoms with Gasteiger partial charge in [0.15, 0.2) is 11.6 Å². The third-order valence-electron chi connectivity index (χ3n) is 3.79. The lowest BCUT2D eigenvalue weighted by molar-refractivity contribution is -0.149. The summed E-state index contributed by atoms with van der Waals surface area (Å²) in [4.78, 5) is 3.50. The molecule has 26 heavy (non-hydrogen) atoms. The van der Waals surface area contributed by atoms with Crippen molar-refractivity contribution in [2.24, 2.45) is 5.73 Å². The molecular formula is C17H16F6N2O. The van der Waals surface area contributed by atoms with Crippen molar-refractivity contribution in [2.75, 3.05) is 6.54 Å². The van der Waals surface area contributed by atoms with Gasteiger partial charge in [0, 0.05) is 12.1 Å². The topological polar surface area (TPSA) is 59.1 Å². The van der Waals surface area contributed by atoms with Gasteiger partial charge in [-0.05, 0) is 38.1 Å². The number of alkyl halides is 3. The SMILES string of the molecule is CC(C)(O)c1c(F)c(-c2ccc(F)cc2)nc([C@@H](CN)C(F)(F)F)c1F. The minimum Gasteiger partial charge on any atom is -0.386 e. The molecule has 1 heterocycles. The monoisotopic (exact) mass is 378 g/mol. The van der Waals surface area contributed by atoms with Crippen LogP contribution in [0.5, 0.6) is 0 Å². The van der Waals surface area contributed by atoms with E-state index >= 15 is 0 Å². The fourth-order valence-electron chi connectivity index (χ4n) is 2.53. The molecule has 0 fully saturated rings. The molecule has 0 bridgehead atoms. The molecule has 2 rings (SSSR count). The fourth-order valence-corrected chi connectivity index (χ4v) is 2.53. The zero-order valence-electron chi connectivity index (χ0n) is 13.8. The lowest BCUT2D eigenvalue weighted by Gasteiger charge is -2.25. The molecule has 0 aliphatic carbocycles. The average Bonchev–Trinajstić information content (AvgIpc) is 2.48. The molecule has 9 heteroatoms. The lowest BCUT2D eigenvalue weighted by Crippen LogP contribution is -2.32. The van der Waals surface area contributed by atoms with Crippen LogP contribution in [0.15, 0.2) is 24.3 Å². The second-order valence-corrected chi connectivity index (χ2v) is 6.24. The van der Waals surface area contributed by atoms with Crippen LogP contribution >= 0.6 is 0 Å². The van der Waals surface area contributed by atoms with Gasteiger partial charge in [-0.1, -0.05) is 0 Å². The van der Waals surface area contributed by atoms with Gasteiger partial charge in [0.2, 0.25) is 0 Å². The molecule has 1 atom stereocenters. The molecule has 1 aromatic heterocycles. The van der Waals surface area contributed by atoms with Crippen molar-refractivity contribution < 1.29 is 31.4 Å². The number of pyridine rings is 1. The quantitative estimate of drug-likeness (QED) is 0.791. The van der Waals surface area contributed by atoms with Crippen molar-refractivity contribution in [1.82, 2.24) is 4.98 Å². The number of rotatable bonds is 4. The van der Waals surface area contributed by atoms with E-state index in [1.807, 2.05) is 0 Å². The van der Waals surface area contributed by atoms with E-state index in [1.54, 1.807) is 0 Å². The molecule has 0 unspecified atom stereocenters. The Hall–Kier alpha value is -2.13. The maximum absolute atomic E-state index is 14.8. The first kappa shape index (κ1) is 20.2. The Kier molecular flexibility index (Phi) is 5.34. The Balaban J connectivity index is 2.85. The predicted molar refractivity (Wildman–Crippen MR) is 82.6 cm³/mol. The van der Waals surface area contributed by atoms with Crippen LogP contribution < -0.4 is 5.73 Å². The van der Waals surface area contributed by atoms with Crippen molar-refractivity contribution >= 4 is 0 Å². The summed E-state index contributed by atoms with van der Waals surface area (Å²) < 4.78 is 82.2. The molecule has 0 radical (unpaired) electrons. The van der Waals surface area contributed by atoms with Crippen LogP contribution in [-0.4, -0.2) is 22.8 Å². The first-order valence-corrected chi connectivity index (χ1v) is 7.52. The molecule has 3 N–H and O–H groups in total. The third kappa shape index (κ3) is 3.83. The van der Waals surface area contributed by atoms with Crippen molar-refractivity contribution in [1.29, 1.82) is 0 Å². The highest BCUT2D eigenvalue weighted by molar-refractivity contribution is 5.62. The molecule has 0 saturated carbocycles. The van der Waals surface area contributed by atoms with Crippen molar-refractivity contribution in [3.05, 3.63) is 53.0 Å². The number of aromatic nitrogens is 1. The van der Waals surface area contributed by atoms with Crippen molar-refractivity contribution in [2.45, 2.75) is 31.5 Å².